The molecule has 4 heteroatoms. The number of hydrogen-bond donors (Lipinski definition) is 1. The molecule has 0 aliphatic rings. The average Bonchev–Trinajstić information content (AvgIpc) is 2.34. The van der Waals surface area contributed by atoms with Crippen LogP contribution in [-0.4, -0.2) is 0 Å². The summed E-state index contributed by atoms with van der Waals surface area (Å²) in [6.07, 6.45) is 0. The van der Waals surface area contributed by atoms with Crippen molar-refractivity contribution in [3.63, 3.8) is 0 Å². The second-order valence-corrected chi connectivity index (χ2v) is 6.06. The Labute approximate surface area is 119 Å². The van der Waals surface area contributed by atoms with E-state index in [1.54, 1.807) is 23.9 Å². The van der Waals surface area contributed by atoms with Gasteiger partial charge in [-0.3, -0.25) is 0 Å². The monoisotopic (exact) mass is 325 g/mol. The lowest BCUT2D eigenvalue weighted by atomic mass is 10.1. The van der Waals surface area contributed by atoms with Crippen molar-refractivity contribution >= 4 is 27.7 Å². The van der Waals surface area contributed by atoms with Crippen molar-refractivity contribution in [1.82, 2.24) is 0 Å². The normalized spacial score (nSPS) is 12.4. The number of halogens is 2. The number of rotatable bonds is 3. The molecule has 2 aromatic carbocycles. The Hall–Kier alpha value is -0.840. The Morgan fingerprint density at radius 1 is 1.17 bits per heavy atom. The molecule has 1 nitrogen and oxygen atoms in total. The van der Waals surface area contributed by atoms with Crippen LogP contribution in [0.4, 0.5) is 4.39 Å². The molecule has 18 heavy (non-hydrogen) atoms. The van der Waals surface area contributed by atoms with Gasteiger partial charge in [-0.25, -0.2) is 4.39 Å². The van der Waals surface area contributed by atoms with Crippen molar-refractivity contribution in [2.24, 2.45) is 5.73 Å². The summed E-state index contributed by atoms with van der Waals surface area (Å²) in [4.78, 5) is 2.10. The molecule has 1 atom stereocenters. The van der Waals surface area contributed by atoms with Crippen LogP contribution in [0.3, 0.4) is 0 Å². The molecule has 0 spiro atoms. The quantitative estimate of drug-likeness (QED) is 0.880. The molecule has 2 aromatic rings. The molecule has 0 aliphatic heterocycles. The van der Waals surface area contributed by atoms with Gasteiger partial charge < -0.3 is 5.73 Å². The van der Waals surface area contributed by atoms with Gasteiger partial charge >= 0.3 is 0 Å². The Morgan fingerprint density at radius 3 is 2.44 bits per heavy atom. The third-order valence-electron chi connectivity index (χ3n) is 2.50. The molecule has 2 rings (SSSR count). The van der Waals surface area contributed by atoms with Crippen molar-refractivity contribution in [1.29, 1.82) is 0 Å². The minimum atomic E-state index is -0.220. The van der Waals surface area contributed by atoms with Crippen LogP contribution in [-0.2, 0) is 0 Å². The number of benzene rings is 2. The molecule has 0 saturated carbocycles. The number of hydrogen-bond acceptors (Lipinski definition) is 2. The van der Waals surface area contributed by atoms with Crippen LogP contribution in [0.2, 0.25) is 0 Å². The third kappa shape index (κ3) is 3.34. The van der Waals surface area contributed by atoms with E-state index in [0.29, 0.717) is 0 Å². The predicted molar refractivity (Wildman–Crippen MR) is 77.3 cm³/mol. The molecule has 0 bridgehead atoms. The van der Waals surface area contributed by atoms with Gasteiger partial charge in [0, 0.05) is 20.3 Å². The standard InChI is InChI=1S/C14H13BrFNS/c1-9(17)13-8-10(15)2-7-14(13)18-12-5-3-11(16)4-6-12/h2-9H,17H2,1H3. The van der Waals surface area contributed by atoms with E-state index in [2.05, 4.69) is 15.9 Å². The van der Waals surface area contributed by atoms with E-state index >= 15 is 0 Å². The lowest BCUT2D eigenvalue weighted by Crippen LogP contribution is -2.06. The Morgan fingerprint density at radius 2 is 1.83 bits per heavy atom. The van der Waals surface area contributed by atoms with Gasteiger partial charge in [-0.1, -0.05) is 27.7 Å². The lowest BCUT2D eigenvalue weighted by Gasteiger charge is -2.12. The van der Waals surface area contributed by atoms with E-state index in [1.807, 2.05) is 25.1 Å². The first-order chi connectivity index (χ1) is 8.56. The maximum atomic E-state index is 12.9. The van der Waals surface area contributed by atoms with Gasteiger partial charge in [0.1, 0.15) is 5.82 Å². The van der Waals surface area contributed by atoms with Crippen LogP contribution < -0.4 is 5.73 Å². The van der Waals surface area contributed by atoms with Crippen LogP contribution in [0, 0.1) is 5.82 Å². The Bertz CT molecular complexity index is 540. The maximum Gasteiger partial charge on any atom is 0.123 e. The zero-order valence-electron chi connectivity index (χ0n) is 9.86. The minimum Gasteiger partial charge on any atom is -0.324 e. The molecule has 0 heterocycles. The van der Waals surface area contributed by atoms with Crippen LogP contribution in [0.1, 0.15) is 18.5 Å². The first-order valence-corrected chi connectivity index (χ1v) is 7.15. The van der Waals surface area contributed by atoms with E-state index in [-0.39, 0.29) is 11.9 Å². The van der Waals surface area contributed by atoms with Crippen molar-refractivity contribution in [2.75, 3.05) is 0 Å². The topological polar surface area (TPSA) is 26.0 Å². The van der Waals surface area contributed by atoms with Gasteiger partial charge in [-0.15, -0.1) is 0 Å². The zero-order chi connectivity index (χ0) is 13.1. The van der Waals surface area contributed by atoms with Crippen molar-refractivity contribution in [2.45, 2.75) is 22.8 Å². The van der Waals surface area contributed by atoms with Crippen molar-refractivity contribution in [3.05, 3.63) is 58.3 Å². The van der Waals surface area contributed by atoms with E-state index in [1.165, 1.54) is 12.1 Å². The summed E-state index contributed by atoms with van der Waals surface area (Å²) in [5.41, 5.74) is 7.05. The van der Waals surface area contributed by atoms with Gasteiger partial charge in [0.15, 0.2) is 0 Å². The molecule has 0 radical (unpaired) electrons. The number of nitrogens with two attached hydrogens (primary N) is 1. The molecular formula is C14H13BrFNS. The minimum absolute atomic E-state index is 0.0366. The highest BCUT2D eigenvalue weighted by Crippen LogP contribution is 2.34. The molecule has 94 valence electrons. The fourth-order valence-electron chi connectivity index (χ4n) is 1.60. The highest BCUT2D eigenvalue weighted by atomic mass is 79.9. The SMILES string of the molecule is CC(N)c1cc(Br)ccc1Sc1ccc(F)cc1. The van der Waals surface area contributed by atoms with Crippen molar-refractivity contribution < 1.29 is 4.39 Å². The van der Waals surface area contributed by atoms with Gasteiger partial charge in [0.25, 0.3) is 0 Å². The molecule has 0 aromatic heterocycles. The molecule has 1 unspecified atom stereocenters. The smallest absolute Gasteiger partial charge is 0.123 e. The highest BCUT2D eigenvalue weighted by molar-refractivity contribution is 9.10. The van der Waals surface area contributed by atoms with Crippen molar-refractivity contribution in [3.8, 4) is 0 Å². The van der Waals surface area contributed by atoms with Gasteiger partial charge in [0.2, 0.25) is 0 Å². The second kappa shape index (κ2) is 5.87. The van der Waals surface area contributed by atoms with E-state index < -0.39 is 0 Å². The van der Waals surface area contributed by atoms with Crippen LogP contribution >= 0.6 is 27.7 Å². The highest BCUT2D eigenvalue weighted by Gasteiger charge is 2.09. The molecule has 0 aliphatic carbocycles. The summed E-state index contributed by atoms with van der Waals surface area (Å²) in [5, 5.41) is 0. The molecule has 0 amide bonds. The lowest BCUT2D eigenvalue weighted by molar-refractivity contribution is 0.626. The van der Waals surface area contributed by atoms with Crippen LogP contribution in [0.15, 0.2) is 56.7 Å². The van der Waals surface area contributed by atoms with E-state index in [4.69, 9.17) is 5.73 Å². The Balaban J connectivity index is 2.31. The molecule has 0 fully saturated rings. The summed E-state index contributed by atoms with van der Waals surface area (Å²) in [6.45, 7) is 1.95. The van der Waals surface area contributed by atoms with Gasteiger partial charge in [-0.05, 0) is 55.0 Å². The molecule has 0 saturated heterocycles. The van der Waals surface area contributed by atoms with Crippen LogP contribution in [0.5, 0.6) is 0 Å². The fourth-order valence-corrected chi connectivity index (χ4v) is 3.00. The summed E-state index contributed by atoms with van der Waals surface area (Å²) in [5.74, 6) is -0.220. The van der Waals surface area contributed by atoms with Gasteiger partial charge in [-0.2, -0.15) is 0 Å². The summed E-state index contributed by atoms with van der Waals surface area (Å²) < 4.78 is 13.9. The maximum absolute atomic E-state index is 12.9. The Kier molecular flexibility index (Phi) is 4.43. The zero-order valence-corrected chi connectivity index (χ0v) is 12.3. The molecule has 2 N–H and O–H groups in total. The first kappa shape index (κ1) is 13.6. The van der Waals surface area contributed by atoms with E-state index in [0.717, 1.165) is 19.8 Å². The summed E-state index contributed by atoms with van der Waals surface area (Å²) >= 11 is 5.04. The average molecular weight is 326 g/mol. The molecular weight excluding hydrogens is 313 g/mol. The largest absolute Gasteiger partial charge is 0.324 e. The van der Waals surface area contributed by atoms with Crippen LogP contribution in [0.25, 0.3) is 0 Å². The third-order valence-corrected chi connectivity index (χ3v) is 4.10. The first-order valence-electron chi connectivity index (χ1n) is 5.54. The summed E-state index contributed by atoms with van der Waals surface area (Å²) in [7, 11) is 0. The predicted octanol–water partition coefficient (Wildman–Crippen LogP) is 4.76. The summed E-state index contributed by atoms with van der Waals surface area (Å²) in [6, 6.07) is 12.5. The fraction of sp³-hybridized carbons (Fsp3) is 0.143. The van der Waals surface area contributed by atoms with E-state index in [9.17, 15) is 4.39 Å². The second-order valence-electron chi connectivity index (χ2n) is 4.03. The van der Waals surface area contributed by atoms with Gasteiger partial charge in [0.05, 0.1) is 0 Å².